The molecule has 0 aromatic heterocycles. The SMILES string of the molecule is COc1cc(N)ccc1S(=O)C1CCOCC1. The summed E-state index contributed by atoms with van der Waals surface area (Å²) in [6, 6.07) is 5.27. The van der Waals surface area contributed by atoms with Crippen molar-refractivity contribution in [2.24, 2.45) is 0 Å². The lowest BCUT2D eigenvalue weighted by Crippen LogP contribution is -2.25. The standard InChI is InChI=1S/C12H17NO3S/c1-15-11-8-9(13)2-3-12(11)17(14)10-4-6-16-7-5-10/h2-3,8,10H,4-7,13H2,1H3. The molecule has 0 aliphatic carbocycles. The Hall–Kier alpha value is -1.07. The predicted molar refractivity (Wildman–Crippen MR) is 67.7 cm³/mol. The van der Waals surface area contributed by atoms with Gasteiger partial charge in [0.05, 0.1) is 22.8 Å². The van der Waals surface area contributed by atoms with E-state index < -0.39 is 10.8 Å². The minimum absolute atomic E-state index is 0.154. The van der Waals surface area contributed by atoms with E-state index in [4.69, 9.17) is 15.2 Å². The molecule has 94 valence electrons. The van der Waals surface area contributed by atoms with Crippen LogP contribution in [0.1, 0.15) is 12.8 Å². The first-order chi connectivity index (χ1) is 8.22. The summed E-state index contributed by atoms with van der Waals surface area (Å²) >= 11 is 0. The summed E-state index contributed by atoms with van der Waals surface area (Å²) in [6.45, 7) is 1.38. The first kappa shape index (κ1) is 12.4. The number of nitrogen functional groups attached to an aromatic ring is 1. The molecule has 1 atom stereocenters. The quantitative estimate of drug-likeness (QED) is 0.833. The molecule has 0 saturated carbocycles. The van der Waals surface area contributed by atoms with Gasteiger partial charge in [0.15, 0.2) is 0 Å². The van der Waals surface area contributed by atoms with Gasteiger partial charge in [0, 0.05) is 30.2 Å². The van der Waals surface area contributed by atoms with Crippen molar-refractivity contribution in [1.29, 1.82) is 0 Å². The van der Waals surface area contributed by atoms with Crippen LogP contribution in [0.4, 0.5) is 5.69 Å². The van der Waals surface area contributed by atoms with E-state index in [1.165, 1.54) is 0 Å². The van der Waals surface area contributed by atoms with Crippen molar-refractivity contribution < 1.29 is 13.7 Å². The van der Waals surface area contributed by atoms with Gasteiger partial charge in [-0.25, -0.2) is 0 Å². The second-order valence-electron chi connectivity index (χ2n) is 4.02. The number of nitrogens with two attached hydrogens (primary N) is 1. The molecule has 1 saturated heterocycles. The van der Waals surface area contributed by atoms with Gasteiger partial charge < -0.3 is 15.2 Å². The van der Waals surface area contributed by atoms with E-state index in [2.05, 4.69) is 0 Å². The van der Waals surface area contributed by atoms with Crippen molar-refractivity contribution in [3.05, 3.63) is 18.2 Å². The first-order valence-corrected chi connectivity index (χ1v) is 6.85. The fourth-order valence-electron chi connectivity index (χ4n) is 1.92. The zero-order valence-corrected chi connectivity index (χ0v) is 10.7. The van der Waals surface area contributed by atoms with E-state index >= 15 is 0 Å². The molecule has 1 aromatic rings. The lowest BCUT2D eigenvalue weighted by molar-refractivity contribution is 0.0992. The van der Waals surface area contributed by atoms with Gasteiger partial charge in [-0.1, -0.05) is 0 Å². The van der Waals surface area contributed by atoms with Crippen molar-refractivity contribution >= 4 is 16.5 Å². The highest BCUT2D eigenvalue weighted by molar-refractivity contribution is 7.85. The maximum Gasteiger partial charge on any atom is 0.137 e. The van der Waals surface area contributed by atoms with E-state index in [-0.39, 0.29) is 5.25 Å². The number of benzene rings is 1. The van der Waals surface area contributed by atoms with E-state index in [1.54, 1.807) is 25.3 Å². The summed E-state index contributed by atoms with van der Waals surface area (Å²) in [5.41, 5.74) is 6.30. The number of ether oxygens (including phenoxy) is 2. The molecule has 0 radical (unpaired) electrons. The summed E-state index contributed by atoms with van der Waals surface area (Å²) in [4.78, 5) is 0.730. The van der Waals surface area contributed by atoms with Crippen LogP contribution in [-0.4, -0.2) is 29.8 Å². The van der Waals surface area contributed by atoms with Crippen LogP contribution in [0.2, 0.25) is 0 Å². The van der Waals surface area contributed by atoms with Crippen LogP contribution >= 0.6 is 0 Å². The Labute approximate surface area is 104 Å². The number of hydrogen-bond donors (Lipinski definition) is 1. The highest BCUT2D eigenvalue weighted by Crippen LogP contribution is 2.29. The number of anilines is 1. The lowest BCUT2D eigenvalue weighted by atomic mass is 10.2. The smallest absolute Gasteiger partial charge is 0.137 e. The van der Waals surface area contributed by atoms with Crippen LogP contribution in [-0.2, 0) is 15.5 Å². The van der Waals surface area contributed by atoms with Crippen LogP contribution in [0.15, 0.2) is 23.1 Å². The highest BCUT2D eigenvalue weighted by Gasteiger charge is 2.23. The van der Waals surface area contributed by atoms with Gasteiger partial charge in [-0.05, 0) is 25.0 Å². The summed E-state index contributed by atoms with van der Waals surface area (Å²) in [5, 5.41) is 0.154. The molecule has 1 aliphatic rings. The third-order valence-corrected chi connectivity index (χ3v) is 4.72. The van der Waals surface area contributed by atoms with Crippen molar-refractivity contribution in [3.63, 3.8) is 0 Å². The minimum atomic E-state index is -1.05. The molecule has 0 bridgehead atoms. The van der Waals surface area contributed by atoms with Crippen LogP contribution in [0.3, 0.4) is 0 Å². The van der Waals surface area contributed by atoms with Crippen molar-refractivity contribution in [2.75, 3.05) is 26.1 Å². The molecule has 0 spiro atoms. The normalized spacial score (nSPS) is 18.9. The van der Waals surface area contributed by atoms with Crippen LogP contribution in [0.5, 0.6) is 5.75 Å². The van der Waals surface area contributed by atoms with Gasteiger partial charge in [0.2, 0.25) is 0 Å². The predicted octanol–water partition coefficient (Wildman–Crippen LogP) is 1.56. The summed E-state index contributed by atoms with van der Waals surface area (Å²) in [7, 11) is 0.519. The van der Waals surface area contributed by atoms with Gasteiger partial charge in [0.1, 0.15) is 5.75 Å². The molecule has 1 aliphatic heterocycles. The molecule has 1 fully saturated rings. The Balaban J connectivity index is 2.23. The van der Waals surface area contributed by atoms with Gasteiger partial charge in [0.25, 0.3) is 0 Å². The Kier molecular flexibility index (Phi) is 4.02. The Bertz CT molecular complexity index is 416. The fourth-order valence-corrected chi connectivity index (χ4v) is 3.44. The number of methoxy groups -OCH3 is 1. The number of hydrogen-bond acceptors (Lipinski definition) is 4. The Morgan fingerprint density at radius 1 is 1.41 bits per heavy atom. The monoisotopic (exact) mass is 255 g/mol. The summed E-state index contributed by atoms with van der Waals surface area (Å²) < 4.78 is 22.9. The van der Waals surface area contributed by atoms with Crippen molar-refractivity contribution in [3.8, 4) is 5.75 Å². The lowest BCUT2D eigenvalue weighted by Gasteiger charge is -2.22. The molecule has 2 N–H and O–H groups in total. The fraction of sp³-hybridized carbons (Fsp3) is 0.500. The van der Waals surface area contributed by atoms with Gasteiger partial charge in [-0.3, -0.25) is 4.21 Å². The van der Waals surface area contributed by atoms with E-state index in [0.717, 1.165) is 17.7 Å². The van der Waals surface area contributed by atoms with Gasteiger partial charge in [-0.15, -0.1) is 0 Å². The van der Waals surface area contributed by atoms with Crippen LogP contribution in [0, 0.1) is 0 Å². The van der Waals surface area contributed by atoms with E-state index in [9.17, 15) is 4.21 Å². The molecular formula is C12H17NO3S. The Morgan fingerprint density at radius 2 is 2.12 bits per heavy atom. The molecule has 1 aromatic carbocycles. The highest BCUT2D eigenvalue weighted by atomic mass is 32.2. The molecular weight excluding hydrogens is 238 g/mol. The zero-order valence-electron chi connectivity index (χ0n) is 9.85. The largest absolute Gasteiger partial charge is 0.495 e. The Morgan fingerprint density at radius 3 is 2.76 bits per heavy atom. The molecule has 17 heavy (non-hydrogen) atoms. The molecule has 1 unspecified atom stereocenters. The molecule has 0 amide bonds. The zero-order chi connectivity index (χ0) is 12.3. The van der Waals surface area contributed by atoms with Gasteiger partial charge in [-0.2, -0.15) is 0 Å². The maximum atomic E-state index is 12.4. The minimum Gasteiger partial charge on any atom is -0.495 e. The van der Waals surface area contributed by atoms with E-state index in [1.807, 2.05) is 0 Å². The van der Waals surface area contributed by atoms with E-state index in [0.29, 0.717) is 24.7 Å². The molecule has 2 rings (SSSR count). The molecule has 1 heterocycles. The molecule has 5 heteroatoms. The molecule has 4 nitrogen and oxygen atoms in total. The third kappa shape index (κ3) is 2.79. The summed E-state index contributed by atoms with van der Waals surface area (Å²) in [6.07, 6.45) is 1.67. The average Bonchev–Trinajstić information content (AvgIpc) is 2.39. The topological polar surface area (TPSA) is 61.5 Å². The van der Waals surface area contributed by atoms with Gasteiger partial charge >= 0.3 is 0 Å². The number of rotatable bonds is 3. The average molecular weight is 255 g/mol. The van der Waals surface area contributed by atoms with Crippen LogP contribution in [0.25, 0.3) is 0 Å². The van der Waals surface area contributed by atoms with Crippen molar-refractivity contribution in [1.82, 2.24) is 0 Å². The maximum absolute atomic E-state index is 12.4. The second-order valence-corrected chi connectivity index (χ2v) is 5.72. The first-order valence-electron chi connectivity index (χ1n) is 5.64. The van der Waals surface area contributed by atoms with Crippen LogP contribution < -0.4 is 10.5 Å². The summed E-state index contributed by atoms with van der Waals surface area (Å²) in [5.74, 6) is 0.606. The third-order valence-electron chi connectivity index (χ3n) is 2.88. The van der Waals surface area contributed by atoms with Crippen molar-refractivity contribution in [2.45, 2.75) is 23.0 Å². The second kappa shape index (κ2) is 5.51.